The molecule has 4 nitrogen and oxygen atoms in total. The maximum atomic E-state index is 13.4. The largest absolute Gasteiger partial charge is 0.486 e. The molecule has 0 aliphatic rings. The van der Waals surface area contributed by atoms with Crippen LogP contribution in [0.15, 0.2) is 29.3 Å². The van der Waals surface area contributed by atoms with E-state index in [2.05, 4.69) is 10.3 Å². The lowest BCUT2D eigenvalue weighted by Crippen LogP contribution is -2.41. The smallest absolute Gasteiger partial charge is 0.193 e. The van der Waals surface area contributed by atoms with Crippen molar-refractivity contribution in [3.05, 3.63) is 30.1 Å². The van der Waals surface area contributed by atoms with Gasteiger partial charge in [0.15, 0.2) is 17.5 Å². The van der Waals surface area contributed by atoms with Gasteiger partial charge in [-0.2, -0.15) is 0 Å². The fourth-order valence-electron chi connectivity index (χ4n) is 1.47. The summed E-state index contributed by atoms with van der Waals surface area (Å²) >= 11 is 0. The fraction of sp³-hybridized carbons (Fsp3) is 0.462. The highest BCUT2D eigenvalue weighted by Gasteiger charge is 2.09. The summed E-state index contributed by atoms with van der Waals surface area (Å²) in [4.78, 5) is 5.96. The van der Waals surface area contributed by atoms with E-state index >= 15 is 0 Å². The van der Waals surface area contributed by atoms with Crippen LogP contribution in [0, 0.1) is 5.82 Å². The third-order valence-electron chi connectivity index (χ3n) is 2.35. The highest BCUT2D eigenvalue weighted by molar-refractivity contribution is 14.0. The van der Waals surface area contributed by atoms with Gasteiger partial charge in [-0.1, -0.05) is 12.1 Å². The minimum absolute atomic E-state index is 0. The van der Waals surface area contributed by atoms with E-state index in [4.69, 9.17) is 4.74 Å². The molecule has 0 heterocycles. The summed E-state index contributed by atoms with van der Waals surface area (Å²) in [6, 6.07) is 6.39. The Labute approximate surface area is 131 Å². The molecule has 19 heavy (non-hydrogen) atoms. The first-order chi connectivity index (χ1) is 8.54. The molecule has 1 unspecified atom stereocenters. The number of hydrogen-bond acceptors (Lipinski definition) is 2. The van der Waals surface area contributed by atoms with Crippen molar-refractivity contribution in [3.8, 4) is 5.75 Å². The van der Waals surface area contributed by atoms with Crippen molar-refractivity contribution in [3.63, 3.8) is 0 Å². The Morgan fingerprint density at radius 1 is 1.42 bits per heavy atom. The Morgan fingerprint density at radius 3 is 2.58 bits per heavy atom. The quantitative estimate of drug-likeness (QED) is 0.494. The lowest BCUT2D eigenvalue weighted by atomic mass is 10.3. The number of guanidine groups is 1. The van der Waals surface area contributed by atoms with Gasteiger partial charge < -0.3 is 15.0 Å². The minimum Gasteiger partial charge on any atom is -0.486 e. The Bertz CT molecular complexity index is 413. The van der Waals surface area contributed by atoms with Gasteiger partial charge >= 0.3 is 0 Å². The molecule has 1 N–H and O–H groups in total. The summed E-state index contributed by atoms with van der Waals surface area (Å²) in [6.45, 7) is 2.43. The first-order valence-electron chi connectivity index (χ1n) is 5.83. The molecule has 108 valence electrons. The summed E-state index contributed by atoms with van der Waals surface area (Å²) in [5, 5.41) is 3.14. The molecule has 1 aromatic rings. The predicted molar refractivity (Wildman–Crippen MR) is 87.0 cm³/mol. The molecule has 1 atom stereocenters. The summed E-state index contributed by atoms with van der Waals surface area (Å²) in [6.07, 6.45) is -0.154. The van der Waals surface area contributed by atoms with Crippen LogP contribution in [-0.2, 0) is 0 Å². The zero-order valence-electron chi connectivity index (χ0n) is 11.7. The highest BCUT2D eigenvalue weighted by atomic mass is 127. The molecule has 0 spiro atoms. The van der Waals surface area contributed by atoms with Crippen molar-refractivity contribution in [1.29, 1.82) is 0 Å². The predicted octanol–water partition coefficient (Wildman–Crippen LogP) is 2.35. The number of halogens is 2. The number of para-hydroxylation sites is 1. The zero-order valence-corrected chi connectivity index (χ0v) is 14.0. The molecule has 0 aliphatic carbocycles. The number of nitrogens with one attached hydrogen (secondary N) is 1. The van der Waals surface area contributed by atoms with Gasteiger partial charge in [0.25, 0.3) is 0 Å². The van der Waals surface area contributed by atoms with Crippen LogP contribution >= 0.6 is 24.0 Å². The average molecular weight is 381 g/mol. The molecule has 0 aliphatic heterocycles. The summed E-state index contributed by atoms with van der Waals surface area (Å²) < 4.78 is 18.9. The normalized spacial score (nSPS) is 12.4. The second-order valence-corrected chi connectivity index (χ2v) is 4.18. The molecule has 0 amide bonds. The SMILES string of the molecule is CN=C(NCC(C)Oc1ccccc1F)N(C)C.I. The van der Waals surface area contributed by atoms with Crippen LogP contribution in [0.1, 0.15) is 6.92 Å². The standard InChI is InChI=1S/C13H20FN3O.HI/c1-10(9-16-13(15-2)17(3)4)18-12-8-6-5-7-11(12)14;/h5-8,10H,9H2,1-4H3,(H,15,16);1H. The van der Waals surface area contributed by atoms with E-state index in [1.165, 1.54) is 6.07 Å². The van der Waals surface area contributed by atoms with Gasteiger partial charge in [-0.05, 0) is 19.1 Å². The van der Waals surface area contributed by atoms with Crippen molar-refractivity contribution in [2.45, 2.75) is 13.0 Å². The van der Waals surface area contributed by atoms with Gasteiger partial charge in [0, 0.05) is 21.1 Å². The average Bonchev–Trinajstić information content (AvgIpc) is 2.32. The maximum Gasteiger partial charge on any atom is 0.193 e. The molecular weight excluding hydrogens is 360 g/mol. The van der Waals surface area contributed by atoms with E-state index in [9.17, 15) is 4.39 Å². The first kappa shape index (κ1) is 17.9. The fourth-order valence-corrected chi connectivity index (χ4v) is 1.47. The third-order valence-corrected chi connectivity index (χ3v) is 2.35. The van der Waals surface area contributed by atoms with Gasteiger partial charge in [-0.25, -0.2) is 4.39 Å². The van der Waals surface area contributed by atoms with E-state index in [0.717, 1.165) is 5.96 Å². The van der Waals surface area contributed by atoms with Crippen LogP contribution < -0.4 is 10.1 Å². The minimum atomic E-state index is -0.346. The number of aliphatic imine (C=N–C) groups is 1. The molecule has 1 aromatic carbocycles. The molecule has 0 aromatic heterocycles. The van der Waals surface area contributed by atoms with Crippen molar-refractivity contribution >= 4 is 29.9 Å². The van der Waals surface area contributed by atoms with Gasteiger partial charge in [0.05, 0.1) is 6.54 Å². The molecule has 0 saturated carbocycles. The number of hydrogen-bond donors (Lipinski definition) is 1. The Balaban J connectivity index is 0.00000324. The van der Waals surface area contributed by atoms with Crippen LogP contribution in [-0.4, -0.2) is 44.7 Å². The van der Waals surface area contributed by atoms with E-state index in [1.54, 1.807) is 25.2 Å². The van der Waals surface area contributed by atoms with E-state index in [1.807, 2.05) is 25.9 Å². The van der Waals surface area contributed by atoms with Crippen molar-refractivity contribution < 1.29 is 9.13 Å². The van der Waals surface area contributed by atoms with Crippen LogP contribution in [0.4, 0.5) is 4.39 Å². The first-order valence-corrected chi connectivity index (χ1v) is 5.83. The van der Waals surface area contributed by atoms with Gasteiger partial charge in [-0.3, -0.25) is 4.99 Å². The number of benzene rings is 1. The highest BCUT2D eigenvalue weighted by Crippen LogP contribution is 2.16. The van der Waals surface area contributed by atoms with Crippen LogP contribution in [0.2, 0.25) is 0 Å². The molecule has 0 radical (unpaired) electrons. The topological polar surface area (TPSA) is 36.9 Å². The second kappa shape index (κ2) is 8.95. The summed E-state index contributed by atoms with van der Waals surface area (Å²) in [5.74, 6) is 0.687. The molecule has 0 saturated heterocycles. The van der Waals surface area contributed by atoms with Crippen LogP contribution in [0.3, 0.4) is 0 Å². The summed E-state index contributed by atoms with van der Waals surface area (Å²) in [5.41, 5.74) is 0. The Morgan fingerprint density at radius 2 is 2.05 bits per heavy atom. The number of ether oxygens (including phenoxy) is 1. The lowest BCUT2D eigenvalue weighted by Gasteiger charge is -2.20. The molecule has 1 rings (SSSR count). The zero-order chi connectivity index (χ0) is 13.5. The van der Waals surface area contributed by atoms with Gasteiger partial charge in [0.2, 0.25) is 0 Å². The third kappa shape index (κ3) is 6.09. The van der Waals surface area contributed by atoms with E-state index in [0.29, 0.717) is 6.54 Å². The van der Waals surface area contributed by atoms with Gasteiger partial charge in [-0.15, -0.1) is 24.0 Å². The monoisotopic (exact) mass is 381 g/mol. The molecule has 0 fully saturated rings. The molecular formula is C13H21FIN3O. The molecule has 6 heteroatoms. The van der Waals surface area contributed by atoms with Crippen molar-refractivity contribution in [2.24, 2.45) is 4.99 Å². The van der Waals surface area contributed by atoms with Crippen molar-refractivity contribution in [1.82, 2.24) is 10.2 Å². The number of nitrogens with zero attached hydrogens (tertiary/aromatic N) is 2. The Hall–Kier alpha value is -1.05. The van der Waals surface area contributed by atoms with Gasteiger partial charge in [0.1, 0.15) is 6.10 Å². The van der Waals surface area contributed by atoms with E-state index < -0.39 is 0 Å². The van der Waals surface area contributed by atoms with E-state index in [-0.39, 0.29) is 41.6 Å². The Kier molecular flexibility index (Phi) is 8.46. The van der Waals surface area contributed by atoms with Crippen LogP contribution in [0.25, 0.3) is 0 Å². The lowest BCUT2D eigenvalue weighted by molar-refractivity contribution is 0.213. The maximum absolute atomic E-state index is 13.4. The van der Waals surface area contributed by atoms with Crippen molar-refractivity contribution in [2.75, 3.05) is 27.7 Å². The summed E-state index contributed by atoms with van der Waals surface area (Å²) in [7, 11) is 5.51. The second-order valence-electron chi connectivity index (χ2n) is 4.18. The number of rotatable bonds is 4. The molecule has 0 bridgehead atoms. The van der Waals surface area contributed by atoms with Crippen LogP contribution in [0.5, 0.6) is 5.75 Å².